The average molecular weight is 226 g/mol. The second kappa shape index (κ2) is 4.17. The first kappa shape index (κ1) is 11.0. The summed E-state index contributed by atoms with van der Waals surface area (Å²) in [6, 6.07) is 7.15. The van der Waals surface area contributed by atoms with Crippen molar-refractivity contribution in [1.29, 1.82) is 0 Å². The van der Waals surface area contributed by atoms with E-state index in [0.717, 1.165) is 11.8 Å². The lowest BCUT2D eigenvalue weighted by molar-refractivity contribution is 0.103. The van der Waals surface area contributed by atoms with Gasteiger partial charge in [-0.2, -0.15) is 0 Å². The third-order valence-corrected chi connectivity index (χ3v) is 2.45. The van der Waals surface area contributed by atoms with Crippen LogP contribution in [0.4, 0.5) is 0 Å². The van der Waals surface area contributed by atoms with Crippen LogP contribution in [0.1, 0.15) is 16.1 Å². The number of rotatable bonds is 0. The van der Waals surface area contributed by atoms with Gasteiger partial charge in [-0.15, -0.1) is 13.2 Å². The number of hydrogen-bond acceptors (Lipinski definition) is 3. The highest BCUT2D eigenvalue weighted by Crippen LogP contribution is 2.32. The van der Waals surface area contributed by atoms with Crippen molar-refractivity contribution in [2.45, 2.75) is 0 Å². The Morgan fingerprint density at radius 3 is 2.41 bits per heavy atom. The molecule has 3 rings (SSSR count). The SMILES string of the molecule is C=C.O=C1c2ccccc2-c2[nH]c(=O)cnc21. The summed E-state index contributed by atoms with van der Waals surface area (Å²) in [6.07, 6.45) is 1.13. The van der Waals surface area contributed by atoms with E-state index in [4.69, 9.17) is 0 Å². The summed E-state index contributed by atoms with van der Waals surface area (Å²) >= 11 is 0. The molecule has 0 saturated heterocycles. The van der Waals surface area contributed by atoms with Gasteiger partial charge in [0, 0.05) is 11.1 Å². The average Bonchev–Trinajstić information content (AvgIpc) is 2.66. The maximum Gasteiger partial charge on any atom is 0.266 e. The first-order valence-corrected chi connectivity index (χ1v) is 5.01. The third-order valence-electron chi connectivity index (χ3n) is 2.45. The lowest BCUT2D eigenvalue weighted by Gasteiger charge is -1.96. The van der Waals surface area contributed by atoms with Crippen molar-refractivity contribution in [2.75, 3.05) is 0 Å². The standard InChI is InChI=1S/C11H6N2O2.C2H4/c14-8-5-12-10-9(13-8)6-3-1-2-4-7(6)11(10)15;1-2/h1-5H,(H,13,14);1-2H2. The number of nitrogens with one attached hydrogen (secondary N) is 1. The molecule has 0 unspecified atom stereocenters. The molecule has 0 radical (unpaired) electrons. The predicted molar refractivity (Wildman–Crippen MR) is 65.0 cm³/mol. The summed E-state index contributed by atoms with van der Waals surface area (Å²) in [7, 11) is 0. The summed E-state index contributed by atoms with van der Waals surface area (Å²) < 4.78 is 0. The van der Waals surface area contributed by atoms with Crippen LogP contribution >= 0.6 is 0 Å². The summed E-state index contributed by atoms with van der Waals surface area (Å²) in [6.45, 7) is 6.00. The molecule has 1 aliphatic carbocycles. The minimum atomic E-state index is -0.293. The van der Waals surface area contributed by atoms with Crippen LogP contribution in [0.15, 0.2) is 48.4 Å². The van der Waals surface area contributed by atoms with E-state index in [1.54, 1.807) is 18.2 Å². The van der Waals surface area contributed by atoms with E-state index in [1.807, 2.05) is 6.07 Å². The van der Waals surface area contributed by atoms with Crippen molar-refractivity contribution in [2.24, 2.45) is 0 Å². The van der Waals surface area contributed by atoms with E-state index in [-0.39, 0.29) is 11.3 Å². The van der Waals surface area contributed by atoms with Crippen molar-refractivity contribution in [3.05, 3.63) is 65.2 Å². The Labute approximate surface area is 97.7 Å². The molecule has 0 amide bonds. The molecule has 4 heteroatoms. The van der Waals surface area contributed by atoms with Gasteiger partial charge in [-0.3, -0.25) is 9.59 Å². The summed E-state index contributed by atoms with van der Waals surface area (Å²) in [5.74, 6) is -0.128. The highest BCUT2D eigenvalue weighted by Gasteiger charge is 2.28. The van der Waals surface area contributed by atoms with E-state index in [0.29, 0.717) is 17.0 Å². The molecule has 84 valence electrons. The lowest BCUT2D eigenvalue weighted by Crippen LogP contribution is -2.09. The topological polar surface area (TPSA) is 62.8 Å². The molecule has 1 N–H and O–H groups in total. The first-order chi connectivity index (χ1) is 8.27. The van der Waals surface area contributed by atoms with Crippen LogP contribution in [-0.4, -0.2) is 15.8 Å². The normalized spacial score (nSPS) is 11.2. The Balaban J connectivity index is 0.000000514. The van der Waals surface area contributed by atoms with Crippen LogP contribution < -0.4 is 5.56 Å². The number of hydrogen-bond donors (Lipinski definition) is 1. The maximum atomic E-state index is 11.8. The van der Waals surface area contributed by atoms with Crippen LogP contribution in [-0.2, 0) is 0 Å². The molecule has 0 bridgehead atoms. The monoisotopic (exact) mass is 226 g/mol. The Morgan fingerprint density at radius 1 is 1.06 bits per heavy atom. The zero-order valence-electron chi connectivity index (χ0n) is 9.06. The number of fused-ring (bicyclic) bond motifs is 3. The predicted octanol–water partition coefficient (Wildman–Crippen LogP) is 1.78. The largest absolute Gasteiger partial charge is 0.319 e. The number of H-pyrrole nitrogens is 1. The van der Waals surface area contributed by atoms with Crippen LogP contribution in [0.5, 0.6) is 0 Å². The van der Waals surface area contributed by atoms with Gasteiger partial charge in [0.15, 0.2) is 0 Å². The van der Waals surface area contributed by atoms with Crippen molar-refractivity contribution in [3.8, 4) is 11.3 Å². The van der Waals surface area contributed by atoms with Gasteiger partial charge in [0.2, 0.25) is 5.78 Å². The molecule has 1 aromatic heterocycles. The van der Waals surface area contributed by atoms with Crippen LogP contribution in [0.3, 0.4) is 0 Å². The Morgan fingerprint density at radius 2 is 1.71 bits per heavy atom. The van der Waals surface area contributed by atoms with Gasteiger partial charge in [-0.05, 0) is 0 Å². The molecule has 17 heavy (non-hydrogen) atoms. The molecule has 2 aromatic rings. The van der Waals surface area contributed by atoms with E-state index in [9.17, 15) is 9.59 Å². The highest BCUT2D eigenvalue weighted by molar-refractivity contribution is 6.19. The second-order valence-corrected chi connectivity index (χ2v) is 3.35. The van der Waals surface area contributed by atoms with Crippen molar-refractivity contribution >= 4 is 5.78 Å². The molecule has 0 saturated carbocycles. The quantitative estimate of drug-likeness (QED) is 0.594. The summed E-state index contributed by atoms with van der Waals surface area (Å²) in [4.78, 5) is 29.4. The van der Waals surface area contributed by atoms with Crippen molar-refractivity contribution < 1.29 is 4.79 Å². The molecule has 4 nitrogen and oxygen atoms in total. The fourth-order valence-electron chi connectivity index (χ4n) is 1.80. The zero-order valence-corrected chi connectivity index (χ0v) is 9.06. The van der Waals surface area contributed by atoms with E-state index >= 15 is 0 Å². The zero-order chi connectivity index (χ0) is 12.4. The lowest BCUT2D eigenvalue weighted by atomic mass is 10.1. The molecule has 1 aromatic carbocycles. The molecular weight excluding hydrogens is 216 g/mol. The Hall–Kier alpha value is -2.49. The van der Waals surface area contributed by atoms with Gasteiger partial charge in [-0.25, -0.2) is 4.98 Å². The minimum Gasteiger partial charge on any atom is -0.319 e. The van der Waals surface area contributed by atoms with Crippen LogP contribution in [0.25, 0.3) is 11.3 Å². The number of ketones is 1. The van der Waals surface area contributed by atoms with E-state index in [1.165, 1.54) is 0 Å². The van der Waals surface area contributed by atoms with E-state index < -0.39 is 0 Å². The minimum absolute atomic E-state index is 0.128. The van der Waals surface area contributed by atoms with E-state index in [2.05, 4.69) is 23.1 Å². The second-order valence-electron chi connectivity index (χ2n) is 3.35. The number of carbonyl (C=O) groups excluding carboxylic acids is 1. The number of aromatic amines is 1. The molecule has 0 aliphatic heterocycles. The smallest absolute Gasteiger partial charge is 0.266 e. The van der Waals surface area contributed by atoms with Crippen molar-refractivity contribution in [1.82, 2.24) is 9.97 Å². The van der Waals surface area contributed by atoms with Gasteiger partial charge in [0.25, 0.3) is 5.56 Å². The fourth-order valence-corrected chi connectivity index (χ4v) is 1.80. The number of benzene rings is 1. The Bertz CT molecular complexity index is 644. The number of nitrogens with zero attached hydrogens (tertiary/aromatic N) is 1. The van der Waals surface area contributed by atoms with Gasteiger partial charge < -0.3 is 4.98 Å². The van der Waals surface area contributed by atoms with Gasteiger partial charge in [-0.1, -0.05) is 24.3 Å². The molecule has 0 fully saturated rings. The molecule has 0 spiro atoms. The highest BCUT2D eigenvalue weighted by atomic mass is 16.1. The van der Waals surface area contributed by atoms with Crippen LogP contribution in [0.2, 0.25) is 0 Å². The van der Waals surface area contributed by atoms with Gasteiger partial charge >= 0.3 is 0 Å². The molecule has 1 aliphatic rings. The molecular formula is C13H10N2O2. The summed E-state index contributed by atoms with van der Waals surface area (Å²) in [5, 5.41) is 0. The van der Waals surface area contributed by atoms with Crippen LogP contribution in [0, 0.1) is 0 Å². The van der Waals surface area contributed by atoms with Gasteiger partial charge in [0.1, 0.15) is 5.69 Å². The third kappa shape index (κ3) is 1.59. The van der Waals surface area contributed by atoms with Crippen molar-refractivity contribution in [3.63, 3.8) is 0 Å². The number of aromatic nitrogens is 2. The van der Waals surface area contributed by atoms with Gasteiger partial charge in [0.05, 0.1) is 11.9 Å². The fraction of sp³-hybridized carbons (Fsp3) is 0. The summed E-state index contributed by atoms with van der Waals surface area (Å²) in [5.41, 5.74) is 1.92. The Kier molecular flexibility index (Phi) is 2.70. The first-order valence-electron chi connectivity index (χ1n) is 5.01. The molecule has 0 atom stereocenters. The maximum absolute atomic E-state index is 11.8. The number of carbonyl (C=O) groups is 1. The molecule has 1 heterocycles.